The van der Waals surface area contributed by atoms with Crippen molar-refractivity contribution in [1.82, 2.24) is 4.90 Å². The Bertz CT molecular complexity index is 524. The predicted octanol–water partition coefficient (Wildman–Crippen LogP) is 3.57. The molecule has 0 atom stereocenters. The maximum atomic E-state index is 12.2. The van der Waals surface area contributed by atoms with Gasteiger partial charge in [-0.1, -0.05) is 12.1 Å². The summed E-state index contributed by atoms with van der Waals surface area (Å²) in [7, 11) is 1.74. The first kappa shape index (κ1) is 18.0. The molecule has 0 bridgehead atoms. The van der Waals surface area contributed by atoms with E-state index >= 15 is 0 Å². The molecule has 0 aliphatic carbocycles. The highest BCUT2D eigenvalue weighted by Crippen LogP contribution is 2.43. The second-order valence-electron chi connectivity index (χ2n) is 6.10. The summed E-state index contributed by atoms with van der Waals surface area (Å²) in [6, 6.07) is 8.21. The molecule has 3 rings (SSSR count). The van der Waals surface area contributed by atoms with Gasteiger partial charge in [-0.15, -0.1) is 23.5 Å². The van der Waals surface area contributed by atoms with Gasteiger partial charge in [0.15, 0.2) is 6.61 Å². The fraction of sp³-hybridized carbons (Fsp3) is 0.611. The number of amides is 1. The lowest BCUT2D eigenvalue weighted by Crippen LogP contribution is -2.42. The first-order chi connectivity index (χ1) is 11.8. The summed E-state index contributed by atoms with van der Waals surface area (Å²) in [4.78, 5) is 14.1. The van der Waals surface area contributed by atoms with Gasteiger partial charge in [0.1, 0.15) is 5.75 Å². The molecule has 0 N–H and O–H groups in total. The van der Waals surface area contributed by atoms with Gasteiger partial charge in [-0.05, 0) is 48.5 Å². The highest BCUT2D eigenvalue weighted by molar-refractivity contribution is 8.16. The molecule has 1 amide bonds. The van der Waals surface area contributed by atoms with Gasteiger partial charge in [-0.25, -0.2) is 0 Å². The van der Waals surface area contributed by atoms with E-state index in [1.165, 1.54) is 23.5 Å². The van der Waals surface area contributed by atoms with Crippen LogP contribution in [0.4, 0.5) is 0 Å². The molecule has 0 spiro atoms. The molecule has 4 nitrogen and oxygen atoms in total. The van der Waals surface area contributed by atoms with Crippen LogP contribution in [-0.4, -0.2) is 55.2 Å². The van der Waals surface area contributed by atoms with Gasteiger partial charge in [0.25, 0.3) is 5.91 Å². The quantitative estimate of drug-likeness (QED) is 0.795. The maximum Gasteiger partial charge on any atom is 0.260 e. The molecule has 2 fully saturated rings. The molecule has 0 radical (unpaired) electrons. The topological polar surface area (TPSA) is 38.8 Å². The van der Waals surface area contributed by atoms with Crippen molar-refractivity contribution in [2.24, 2.45) is 0 Å². The molecular formula is C18H25NO3S2. The number of thioether (sulfide) groups is 2. The number of carbonyl (C=O) groups is 1. The molecule has 1 aromatic carbocycles. The van der Waals surface area contributed by atoms with E-state index in [1.54, 1.807) is 7.11 Å². The van der Waals surface area contributed by atoms with Crippen LogP contribution in [-0.2, 0) is 9.53 Å². The normalized spacial score (nSPS) is 20.1. The van der Waals surface area contributed by atoms with Crippen molar-refractivity contribution in [3.8, 4) is 5.75 Å². The molecule has 24 heavy (non-hydrogen) atoms. The third-order valence-electron chi connectivity index (χ3n) is 4.47. The monoisotopic (exact) mass is 367 g/mol. The van der Waals surface area contributed by atoms with E-state index in [2.05, 4.69) is 12.1 Å². The van der Waals surface area contributed by atoms with E-state index in [-0.39, 0.29) is 18.6 Å². The Morgan fingerprint density at radius 2 is 1.83 bits per heavy atom. The lowest BCUT2D eigenvalue weighted by atomic mass is 10.1. The zero-order chi connectivity index (χ0) is 16.8. The van der Waals surface area contributed by atoms with Gasteiger partial charge in [-0.3, -0.25) is 4.79 Å². The average Bonchev–Trinajstić information content (AvgIpc) is 2.67. The molecule has 132 valence electrons. The molecule has 6 heteroatoms. The minimum atomic E-state index is 0.0621. The lowest BCUT2D eigenvalue weighted by molar-refractivity contribution is -0.135. The van der Waals surface area contributed by atoms with Crippen LogP contribution in [0, 0.1) is 0 Å². The minimum absolute atomic E-state index is 0.0621. The number of methoxy groups -OCH3 is 1. The number of hydrogen-bond donors (Lipinski definition) is 0. The van der Waals surface area contributed by atoms with Crippen molar-refractivity contribution in [2.45, 2.75) is 29.9 Å². The highest BCUT2D eigenvalue weighted by atomic mass is 32.2. The zero-order valence-corrected chi connectivity index (χ0v) is 15.7. The smallest absolute Gasteiger partial charge is 0.260 e. The van der Waals surface area contributed by atoms with Gasteiger partial charge < -0.3 is 14.4 Å². The SMILES string of the molecule is COC1CCN(C(=O)COc2ccc(C3SCCCS3)cc2)CC1. The first-order valence-electron chi connectivity index (χ1n) is 8.53. The summed E-state index contributed by atoms with van der Waals surface area (Å²) in [5, 5.41) is 0. The number of carbonyl (C=O) groups excluding carboxylic acids is 1. The van der Waals surface area contributed by atoms with Crippen molar-refractivity contribution in [3.63, 3.8) is 0 Å². The molecule has 1 aromatic rings. The second-order valence-corrected chi connectivity index (χ2v) is 8.82. The molecule has 0 aromatic heterocycles. The first-order valence-corrected chi connectivity index (χ1v) is 10.6. The van der Waals surface area contributed by atoms with Gasteiger partial charge in [0.05, 0.1) is 10.7 Å². The molecule has 2 aliphatic heterocycles. The van der Waals surface area contributed by atoms with Crippen molar-refractivity contribution < 1.29 is 14.3 Å². The number of ether oxygens (including phenoxy) is 2. The van der Waals surface area contributed by atoms with E-state index in [0.717, 1.165) is 31.7 Å². The summed E-state index contributed by atoms with van der Waals surface area (Å²) in [6.07, 6.45) is 3.41. The van der Waals surface area contributed by atoms with Crippen LogP contribution in [0.1, 0.15) is 29.4 Å². The standard InChI is InChI=1S/C18H25NO3S2/c1-21-15-7-9-19(10-8-15)17(20)13-22-16-5-3-14(4-6-16)18-23-11-2-12-24-18/h3-6,15,18H,2,7-13H2,1H3. The summed E-state index contributed by atoms with van der Waals surface area (Å²) in [6.45, 7) is 1.63. The van der Waals surface area contributed by atoms with E-state index in [0.29, 0.717) is 4.58 Å². The van der Waals surface area contributed by atoms with Gasteiger partial charge in [-0.2, -0.15) is 0 Å². The number of benzene rings is 1. The molecule has 2 saturated heterocycles. The Balaban J connectivity index is 1.45. The number of rotatable bonds is 5. The minimum Gasteiger partial charge on any atom is -0.484 e. The van der Waals surface area contributed by atoms with Gasteiger partial charge >= 0.3 is 0 Å². The van der Waals surface area contributed by atoms with Crippen LogP contribution in [0.25, 0.3) is 0 Å². The van der Waals surface area contributed by atoms with E-state index in [4.69, 9.17) is 9.47 Å². The van der Waals surface area contributed by atoms with E-state index < -0.39 is 0 Å². The third-order valence-corrected chi connectivity index (χ3v) is 7.48. The number of likely N-dealkylation sites (tertiary alicyclic amines) is 1. The fourth-order valence-electron chi connectivity index (χ4n) is 2.98. The van der Waals surface area contributed by atoms with Crippen LogP contribution in [0.2, 0.25) is 0 Å². The summed E-state index contributed by atoms with van der Waals surface area (Å²) < 4.78 is 11.6. The van der Waals surface area contributed by atoms with E-state index in [1.807, 2.05) is 40.6 Å². The van der Waals surface area contributed by atoms with Crippen LogP contribution in [0.3, 0.4) is 0 Å². The van der Waals surface area contributed by atoms with Crippen molar-refractivity contribution in [2.75, 3.05) is 38.3 Å². The Kier molecular flexibility index (Phi) is 6.75. The summed E-state index contributed by atoms with van der Waals surface area (Å²) in [5.74, 6) is 3.31. The van der Waals surface area contributed by atoms with Gasteiger partial charge in [0.2, 0.25) is 0 Å². The van der Waals surface area contributed by atoms with E-state index in [9.17, 15) is 4.79 Å². The Morgan fingerprint density at radius 3 is 2.46 bits per heavy atom. The molecule has 2 heterocycles. The highest BCUT2D eigenvalue weighted by Gasteiger charge is 2.22. The molecule has 0 saturated carbocycles. The third kappa shape index (κ3) is 4.83. The Hall–Kier alpha value is -0.850. The van der Waals surface area contributed by atoms with Crippen LogP contribution in [0.15, 0.2) is 24.3 Å². The molecule has 0 unspecified atom stereocenters. The summed E-state index contributed by atoms with van der Waals surface area (Å²) in [5.41, 5.74) is 1.34. The number of hydrogen-bond acceptors (Lipinski definition) is 5. The largest absolute Gasteiger partial charge is 0.484 e. The van der Waals surface area contributed by atoms with Crippen LogP contribution < -0.4 is 4.74 Å². The molecule has 2 aliphatic rings. The van der Waals surface area contributed by atoms with Gasteiger partial charge in [0, 0.05) is 20.2 Å². The Morgan fingerprint density at radius 1 is 1.17 bits per heavy atom. The predicted molar refractivity (Wildman–Crippen MR) is 101 cm³/mol. The van der Waals surface area contributed by atoms with Crippen molar-refractivity contribution >= 4 is 29.4 Å². The Labute approximate surface area is 152 Å². The van der Waals surface area contributed by atoms with Crippen molar-refractivity contribution in [3.05, 3.63) is 29.8 Å². The zero-order valence-electron chi connectivity index (χ0n) is 14.1. The summed E-state index contributed by atoms with van der Waals surface area (Å²) >= 11 is 4.02. The van der Waals surface area contributed by atoms with Crippen LogP contribution in [0.5, 0.6) is 5.75 Å². The maximum absolute atomic E-state index is 12.2. The second kappa shape index (κ2) is 9.02. The number of piperidine rings is 1. The van der Waals surface area contributed by atoms with Crippen molar-refractivity contribution in [1.29, 1.82) is 0 Å². The fourth-order valence-corrected chi connectivity index (χ4v) is 5.87. The molecular weight excluding hydrogens is 342 g/mol. The lowest BCUT2D eigenvalue weighted by Gasteiger charge is -2.31. The average molecular weight is 368 g/mol. The number of nitrogens with zero attached hydrogens (tertiary/aromatic N) is 1. The van der Waals surface area contributed by atoms with Crippen LogP contribution >= 0.6 is 23.5 Å².